The smallest absolute Gasteiger partial charge is 0.192 e. The minimum Gasteiger partial charge on any atom is -0.248 e. The Balaban J connectivity index is 1.46. The van der Waals surface area contributed by atoms with Gasteiger partial charge in [0.2, 0.25) is 0 Å². The van der Waals surface area contributed by atoms with Gasteiger partial charge in [0, 0.05) is 5.56 Å². The molecule has 0 fully saturated rings. The van der Waals surface area contributed by atoms with Crippen LogP contribution in [0.25, 0.3) is 44.8 Å². The molecule has 0 spiro atoms. The fraction of sp³-hybridized carbons (Fsp3) is 0.314. The molecule has 0 atom stereocenters. The summed E-state index contributed by atoms with van der Waals surface area (Å²) >= 11 is 0. The Morgan fingerprint density at radius 1 is 0.358 bits per heavy atom. The normalized spacial score (nSPS) is 12.5. The summed E-state index contributed by atoms with van der Waals surface area (Å²) in [5, 5.41) is 0. The monoisotopic (exact) mass is 694 g/mol. The summed E-state index contributed by atoms with van der Waals surface area (Å²) in [7, 11) is 2.30. The summed E-state index contributed by atoms with van der Waals surface area (Å²) in [6, 6.07) is 47.4. The number of hydrogen-bond donors (Lipinski definition) is 0. The number of hydrogen-bond acceptors (Lipinski definition) is 1. The molecule has 6 aromatic rings. The van der Waals surface area contributed by atoms with Gasteiger partial charge in [0.05, 0.1) is 11.4 Å². The zero-order chi connectivity index (χ0) is 38.3. The molecule has 0 aliphatic heterocycles. The van der Waals surface area contributed by atoms with Gasteiger partial charge in [-0.2, -0.15) is 0 Å². The molecule has 0 unspecified atom stereocenters. The second kappa shape index (κ2) is 14.3. The topological polar surface area (TPSA) is 12.9 Å². The van der Waals surface area contributed by atoms with Crippen LogP contribution in [0.3, 0.4) is 0 Å². The molecule has 0 saturated carbocycles. The molecule has 53 heavy (non-hydrogen) atoms. The third kappa shape index (κ3) is 8.93. The van der Waals surface area contributed by atoms with Crippen LogP contribution >= 0.6 is 0 Å². The predicted octanol–water partition coefficient (Wildman–Crippen LogP) is 12.6. The molecule has 1 aromatic heterocycles. The Bertz CT molecular complexity index is 2120. The Labute approximate surface area is 321 Å². The van der Waals surface area contributed by atoms with E-state index in [-0.39, 0.29) is 21.7 Å². The van der Waals surface area contributed by atoms with Crippen molar-refractivity contribution in [2.75, 3.05) is 0 Å². The van der Waals surface area contributed by atoms with Crippen LogP contribution < -0.4 is 10.9 Å². The van der Waals surface area contributed by atoms with Gasteiger partial charge in [0.15, 0.2) is 7.28 Å². The molecule has 0 N–H and O–H groups in total. The zero-order valence-electron chi connectivity index (χ0n) is 34.1. The van der Waals surface area contributed by atoms with Crippen molar-refractivity contribution >= 4 is 18.2 Å². The van der Waals surface area contributed by atoms with Crippen molar-refractivity contribution < 1.29 is 0 Å². The highest BCUT2D eigenvalue weighted by atomic mass is 14.7. The lowest BCUT2D eigenvalue weighted by Crippen LogP contribution is -2.30. The molecule has 2 heteroatoms. The van der Waals surface area contributed by atoms with E-state index in [4.69, 9.17) is 4.98 Å². The molecule has 5 aromatic carbocycles. The van der Waals surface area contributed by atoms with Crippen LogP contribution in [0.15, 0.2) is 127 Å². The number of pyridine rings is 1. The summed E-state index contributed by atoms with van der Waals surface area (Å²) in [5.41, 5.74) is 16.9. The van der Waals surface area contributed by atoms with Gasteiger partial charge in [-0.25, -0.2) is 4.98 Å². The maximum atomic E-state index is 5.43. The first-order chi connectivity index (χ1) is 24.8. The first-order valence-corrected chi connectivity index (χ1v) is 19.2. The van der Waals surface area contributed by atoms with Gasteiger partial charge in [0.25, 0.3) is 0 Å². The Kier molecular flexibility index (Phi) is 10.3. The van der Waals surface area contributed by atoms with Crippen molar-refractivity contribution in [2.24, 2.45) is 0 Å². The molecule has 1 radical (unpaired) electrons. The van der Waals surface area contributed by atoms with Crippen molar-refractivity contribution in [2.45, 2.75) is 105 Å². The lowest BCUT2D eigenvalue weighted by atomic mass is 9.61. The maximum absolute atomic E-state index is 5.43. The summed E-state index contributed by atoms with van der Waals surface area (Å²) < 4.78 is 0. The lowest BCUT2D eigenvalue weighted by molar-refractivity contribution is 0.590. The minimum atomic E-state index is 0.00750. The third-order valence-electron chi connectivity index (χ3n) is 10.4. The number of benzene rings is 5. The van der Waals surface area contributed by atoms with E-state index < -0.39 is 0 Å². The SMILES string of the molecule is CC(C)(C)c1ccc([B]c2ccc(C(C)(C)C)cc2-c2cccc(-c3cc(-c4ccc(C(C)(C)C)cc4)cc(-c4ccc(C(C)(C)C)cc4)c3)n2)cc1. The molecule has 0 bridgehead atoms. The average molecular weight is 695 g/mol. The summed E-state index contributed by atoms with van der Waals surface area (Å²) in [4.78, 5) is 5.43. The number of rotatable bonds is 6. The fourth-order valence-corrected chi connectivity index (χ4v) is 6.81. The van der Waals surface area contributed by atoms with Crippen molar-refractivity contribution in [3.63, 3.8) is 0 Å². The molecule has 6 rings (SSSR count). The van der Waals surface area contributed by atoms with E-state index in [1.54, 1.807) is 0 Å². The van der Waals surface area contributed by atoms with E-state index in [0.717, 1.165) is 22.5 Å². The van der Waals surface area contributed by atoms with Crippen LogP contribution in [0.1, 0.15) is 105 Å². The molecule has 1 heterocycles. The fourth-order valence-electron chi connectivity index (χ4n) is 6.81. The van der Waals surface area contributed by atoms with Crippen LogP contribution in [0.4, 0.5) is 0 Å². The van der Waals surface area contributed by atoms with Gasteiger partial charge in [-0.3, -0.25) is 0 Å². The van der Waals surface area contributed by atoms with Crippen LogP contribution in [0, 0.1) is 0 Å². The summed E-state index contributed by atoms with van der Waals surface area (Å²) in [6.07, 6.45) is 0. The molecule has 0 aliphatic carbocycles. The predicted molar refractivity (Wildman–Crippen MR) is 232 cm³/mol. The minimum absolute atomic E-state index is 0.00750. The molecule has 0 aliphatic rings. The molecule has 0 saturated heterocycles. The lowest BCUT2D eigenvalue weighted by Gasteiger charge is -2.22. The van der Waals surface area contributed by atoms with E-state index in [1.165, 1.54) is 55.4 Å². The highest BCUT2D eigenvalue weighted by Crippen LogP contribution is 2.36. The van der Waals surface area contributed by atoms with Crippen molar-refractivity contribution in [1.82, 2.24) is 4.98 Å². The van der Waals surface area contributed by atoms with E-state index in [0.29, 0.717) is 0 Å². The van der Waals surface area contributed by atoms with E-state index in [2.05, 4.69) is 218 Å². The van der Waals surface area contributed by atoms with Gasteiger partial charge in [-0.1, -0.05) is 185 Å². The molecule has 1 nitrogen and oxygen atoms in total. The standard InChI is InChI=1S/C51H57BN/c1-48(2,3)39-20-16-34(17-21-39)36-30-37(35-18-22-40(23-19-35)49(4,5)6)32-38(31-36)46-14-13-15-47(53-46)44-33-42(51(10,11)12)26-29-45(44)52-43-27-24-41(25-28-43)50(7,8)9/h13-33H,1-12H3. The van der Waals surface area contributed by atoms with E-state index >= 15 is 0 Å². The average Bonchev–Trinajstić information content (AvgIpc) is 3.10. The van der Waals surface area contributed by atoms with Crippen LogP contribution in [0.5, 0.6) is 0 Å². The second-order valence-corrected chi connectivity index (χ2v) is 18.9. The van der Waals surface area contributed by atoms with E-state index in [1.807, 2.05) is 0 Å². The Morgan fingerprint density at radius 3 is 1.21 bits per heavy atom. The van der Waals surface area contributed by atoms with Gasteiger partial charge in [0.1, 0.15) is 0 Å². The molecule has 269 valence electrons. The number of nitrogens with zero attached hydrogens (tertiary/aromatic N) is 1. The number of aromatic nitrogens is 1. The van der Waals surface area contributed by atoms with Crippen LogP contribution in [-0.2, 0) is 21.7 Å². The first-order valence-electron chi connectivity index (χ1n) is 19.2. The van der Waals surface area contributed by atoms with Crippen LogP contribution in [-0.4, -0.2) is 12.3 Å². The highest BCUT2D eigenvalue weighted by molar-refractivity contribution is 6.68. The largest absolute Gasteiger partial charge is 0.248 e. The molecular weight excluding hydrogens is 637 g/mol. The summed E-state index contributed by atoms with van der Waals surface area (Å²) in [5.74, 6) is 0. The Morgan fingerprint density at radius 2 is 0.755 bits per heavy atom. The first kappa shape index (κ1) is 38.1. The molecular formula is C51H57BN. The van der Waals surface area contributed by atoms with Gasteiger partial charge in [-0.05, 0) is 108 Å². The summed E-state index contributed by atoms with van der Waals surface area (Å²) in [6.45, 7) is 27.2. The second-order valence-electron chi connectivity index (χ2n) is 18.9. The zero-order valence-corrected chi connectivity index (χ0v) is 34.1. The van der Waals surface area contributed by atoms with Crippen LogP contribution in [0.2, 0.25) is 0 Å². The Hall–Kier alpha value is -4.69. The van der Waals surface area contributed by atoms with Gasteiger partial charge in [-0.15, -0.1) is 0 Å². The van der Waals surface area contributed by atoms with Gasteiger partial charge >= 0.3 is 0 Å². The molecule has 0 amide bonds. The van der Waals surface area contributed by atoms with Gasteiger partial charge < -0.3 is 0 Å². The van der Waals surface area contributed by atoms with Crippen molar-refractivity contribution in [1.29, 1.82) is 0 Å². The quantitative estimate of drug-likeness (QED) is 0.158. The van der Waals surface area contributed by atoms with Crippen molar-refractivity contribution in [3.8, 4) is 44.8 Å². The van der Waals surface area contributed by atoms with E-state index in [9.17, 15) is 0 Å². The highest BCUT2D eigenvalue weighted by Gasteiger charge is 2.20. The van der Waals surface area contributed by atoms with Crippen molar-refractivity contribution in [3.05, 3.63) is 150 Å². The third-order valence-corrected chi connectivity index (χ3v) is 10.4. The maximum Gasteiger partial charge on any atom is 0.192 e.